The zero-order valence-corrected chi connectivity index (χ0v) is 22.7. The van der Waals surface area contributed by atoms with Crippen LogP contribution in [0.5, 0.6) is 0 Å². The molecule has 0 saturated carbocycles. The van der Waals surface area contributed by atoms with Gasteiger partial charge in [-0.3, -0.25) is 9.52 Å². The van der Waals surface area contributed by atoms with Crippen LogP contribution in [0.3, 0.4) is 0 Å². The maximum Gasteiger partial charge on any atom is 0.446 e. The van der Waals surface area contributed by atoms with Crippen LogP contribution in [0.4, 0.5) is 42.0 Å². The number of rotatable bonds is 3. The summed E-state index contributed by atoms with van der Waals surface area (Å²) in [5.41, 5.74) is 3.93. The van der Waals surface area contributed by atoms with Gasteiger partial charge in [-0.2, -0.15) is 18.2 Å². The summed E-state index contributed by atoms with van der Waals surface area (Å²) in [5, 5.41) is 6.92. The van der Waals surface area contributed by atoms with Crippen molar-refractivity contribution in [2.45, 2.75) is 23.9 Å². The Kier molecular flexibility index (Phi) is 8.82. The van der Waals surface area contributed by atoms with Gasteiger partial charge in [-0.05, 0) is 66.4 Å². The topological polar surface area (TPSA) is 113 Å². The van der Waals surface area contributed by atoms with Crippen LogP contribution >= 0.6 is 23.2 Å². The van der Waals surface area contributed by atoms with E-state index in [1.165, 1.54) is 12.3 Å². The normalized spacial score (nSPS) is 12.6. The van der Waals surface area contributed by atoms with Gasteiger partial charge in [-0.1, -0.05) is 47.5 Å². The largest absolute Gasteiger partial charge is 0.446 e. The summed E-state index contributed by atoms with van der Waals surface area (Å²) in [7, 11) is -3.88. The third kappa shape index (κ3) is 7.62. The van der Waals surface area contributed by atoms with Crippen molar-refractivity contribution in [3.63, 3.8) is 0 Å². The van der Waals surface area contributed by atoms with Gasteiger partial charge in [-0.15, -0.1) is 0 Å². The molecule has 6 bridgehead atoms. The lowest BCUT2D eigenvalue weighted by Gasteiger charge is -2.16. The predicted octanol–water partition coefficient (Wildman–Crippen LogP) is 6.92. The number of carbonyl (C=O) groups excluding carboxylic acids is 1. The van der Waals surface area contributed by atoms with E-state index in [2.05, 4.69) is 25.3 Å². The number of benzene rings is 3. The van der Waals surface area contributed by atoms with Crippen molar-refractivity contribution in [2.24, 2.45) is 0 Å². The highest BCUT2D eigenvalue weighted by molar-refractivity contribution is 7.92. The van der Waals surface area contributed by atoms with Crippen LogP contribution < -0.4 is 15.4 Å². The molecule has 3 aromatic carbocycles. The number of alkyl halides is 3. The maximum atomic E-state index is 13.1. The van der Waals surface area contributed by atoms with E-state index in [0.29, 0.717) is 41.0 Å². The lowest BCUT2D eigenvalue weighted by atomic mass is 10.0. The van der Waals surface area contributed by atoms with Crippen LogP contribution in [0.1, 0.15) is 11.1 Å². The van der Waals surface area contributed by atoms with Crippen molar-refractivity contribution < 1.29 is 26.4 Å². The molecule has 14 heteroatoms. The minimum absolute atomic E-state index is 0.0229. The molecular formula is C26H20Cl2F3N5O3S. The number of carbonyl (C=O) groups is 1. The number of fused-ring (bicyclic) bond motifs is 6. The number of hydrogen-bond acceptors (Lipinski definition) is 7. The molecule has 1 aliphatic rings. The zero-order chi connectivity index (χ0) is 28.9. The highest BCUT2D eigenvalue weighted by atomic mass is 35.5. The van der Waals surface area contributed by atoms with Gasteiger partial charge in [0.05, 0.1) is 16.9 Å². The summed E-state index contributed by atoms with van der Waals surface area (Å²) in [4.78, 5) is 17.5. The van der Waals surface area contributed by atoms with Gasteiger partial charge in [0.1, 0.15) is 9.92 Å². The van der Waals surface area contributed by atoms with Crippen LogP contribution in [0.25, 0.3) is 0 Å². The van der Waals surface area contributed by atoms with E-state index in [0.717, 1.165) is 16.8 Å². The number of nitrogens with one attached hydrogen (secondary N) is 3. The number of aryl methyl sites for hydroxylation is 2. The number of aldehydes is 1. The second-order valence-corrected chi connectivity index (χ2v) is 10.9. The number of hydrogen-bond donors (Lipinski definition) is 3. The van der Waals surface area contributed by atoms with E-state index in [4.69, 9.17) is 28.0 Å². The molecule has 3 N–H and O–H groups in total. The quantitative estimate of drug-likeness (QED) is 0.216. The Morgan fingerprint density at radius 2 is 1.62 bits per heavy atom. The van der Waals surface area contributed by atoms with Crippen LogP contribution in [-0.2, 0) is 27.7 Å². The Morgan fingerprint density at radius 1 is 0.900 bits per heavy atom. The van der Waals surface area contributed by atoms with Crippen molar-refractivity contribution in [3.05, 3.63) is 94.1 Å². The molecule has 4 aromatic rings. The molecule has 5 rings (SSSR count). The first kappa shape index (κ1) is 29.1. The average molecular weight is 610 g/mol. The summed E-state index contributed by atoms with van der Waals surface area (Å²) >= 11 is 12.5. The molecule has 1 aliphatic heterocycles. The Morgan fingerprint density at radius 3 is 2.35 bits per heavy atom. The first-order valence-corrected chi connectivity index (χ1v) is 13.8. The van der Waals surface area contributed by atoms with Gasteiger partial charge in [-0.25, -0.2) is 13.4 Å². The molecule has 0 saturated heterocycles. The van der Waals surface area contributed by atoms with E-state index in [9.17, 15) is 21.6 Å². The molecular weight excluding hydrogens is 590 g/mol. The maximum absolute atomic E-state index is 13.1. The molecule has 0 atom stereocenters. The molecule has 0 aliphatic carbocycles. The van der Waals surface area contributed by atoms with Crippen LogP contribution in [-0.4, -0.2) is 30.8 Å². The number of anilines is 5. The fourth-order valence-corrected chi connectivity index (χ4v) is 5.46. The lowest BCUT2D eigenvalue weighted by molar-refractivity contribution is -0.156. The van der Waals surface area contributed by atoms with Gasteiger partial charge < -0.3 is 10.6 Å². The SMILES string of the molecule is O=CC(F)(F)F.O=S(=O)(Nc1ccc2cc1CCc1cccc(c1)Nc1ncc(Cl)c(n1)N2)c1ccccc1Cl. The van der Waals surface area contributed by atoms with Crippen molar-refractivity contribution in [1.29, 1.82) is 0 Å². The summed E-state index contributed by atoms with van der Waals surface area (Å²) in [6.07, 6.45) is -2.89. The van der Waals surface area contributed by atoms with Crippen LogP contribution in [0, 0.1) is 0 Å². The third-order valence-corrected chi connectivity index (χ3v) is 7.62. The average Bonchev–Trinajstić information content (AvgIpc) is 2.91. The van der Waals surface area contributed by atoms with Gasteiger partial charge in [0.2, 0.25) is 12.2 Å². The highest BCUT2D eigenvalue weighted by Gasteiger charge is 2.25. The fourth-order valence-electron chi connectivity index (χ4n) is 3.70. The molecule has 8 nitrogen and oxygen atoms in total. The van der Waals surface area contributed by atoms with Gasteiger partial charge >= 0.3 is 6.18 Å². The summed E-state index contributed by atoms with van der Waals surface area (Å²) in [5.74, 6) is 0.845. The van der Waals surface area contributed by atoms with E-state index in [-0.39, 0.29) is 9.92 Å². The fraction of sp³-hybridized carbons (Fsp3) is 0.115. The molecule has 0 fully saturated rings. The van der Waals surface area contributed by atoms with Gasteiger partial charge in [0, 0.05) is 11.4 Å². The summed E-state index contributed by atoms with van der Waals surface area (Å²) in [6.45, 7) is 0. The Balaban J connectivity index is 0.000000557. The summed E-state index contributed by atoms with van der Waals surface area (Å²) < 4.78 is 60.1. The first-order chi connectivity index (χ1) is 18.9. The predicted molar refractivity (Wildman–Crippen MR) is 148 cm³/mol. The molecule has 0 spiro atoms. The van der Waals surface area contributed by atoms with Crippen molar-refractivity contribution in [2.75, 3.05) is 15.4 Å². The summed E-state index contributed by atoms with van der Waals surface area (Å²) in [6, 6.07) is 19.6. The monoisotopic (exact) mass is 609 g/mol. The van der Waals surface area contributed by atoms with Crippen LogP contribution in [0.15, 0.2) is 77.8 Å². The van der Waals surface area contributed by atoms with E-state index >= 15 is 0 Å². The van der Waals surface area contributed by atoms with E-state index in [1.807, 2.05) is 30.3 Å². The van der Waals surface area contributed by atoms with Gasteiger partial charge in [0.25, 0.3) is 10.0 Å². The molecule has 0 unspecified atom stereocenters. The molecule has 40 heavy (non-hydrogen) atoms. The molecule has 0 amide bonds. The standard InChI is InChI=1S/C24H19Cl2N5O2S.C2HF3O/c25-19-6-1-2-7-22(19)34(32,33)31-21-11-10-18-13-16(21)9-8-15-4-3-5-17(12-15)29-24-27-14-20(26)23(28-18)30-24;3-2(4,5)1-6/h1-7,10-14,31H,8-9H2,(H2,27,28,29,30);1H. The van der Waals surface area contributed by atoms with Crippen LogP contribution in [0.2, 0.25) is 10.0 Å². The minimum Gasteiger partial charge on any atom is -0.339 e. The Bertz CT molecular complexity index is 1650. The lowest BCUT2D eigenvalue weighted by Crippen LogP contribution is -2.15. The van der Waals surface area contributed by atoms with E-state index < -0.39 is 22.5 Å². The highest BCUT2D eigenvalue weighted by Crippen LogP contribution is 2.31. The Labute approximate surface area is 237 Å². The number of aromatic nitrogens is 2. The van der Waals surface area contributed by atoms with Crippen molar-refractivity contribution in [1.82, 2.24) is 9.97 Å². The molecule has 208 valence electrons. The van der Waals surface area contributed by atoms with E-state index in [1.54, 1.807) is 30.3 Å². The number of sulfonamides is 1. The first-order valence-electron chi connectivity index (χ1n) is 11.5. The smallest absolute Gasteiger partial charge is 0.339 e. The molecule has 1 aromatic heterocycles. The second-order valence-electron chi connectivity index (χ2n) is 8.41. The second kappa shape index (κ2) is 12.1. The minimum atomic E-state index is -4.64. The Hall–Kier alpha value is -3.87. The zero-order valence-electron chi connectivity index (χ0n) is 20.3. The molecule has 2 heterocycles. The number of nitrogens with zero attached hydrogens (tertiary/aromatic N) is 2. The molecule has 0 radical (unpaired) electrons. The number of halogens is 5. The third-order valence-electron chi connectivity index (χ3n) is 5.48. The van der Waals surface area contributed by atoms with Crippen molar-refractivity contribution >= 4 is 68.3 Å². The van der Waals surface area contributed by atoms with Gasteiger partial charge in [0.15, 0.2) is 5.82 Å². The van der Waals surface area contributed by atoms with Crippen molar-refractivity contribution in [3.8, 4) is 0 Å².